The van der Waals surface area contributed by atoms with Crippen LogP contribution in [0.2, 0.25) is 0 Å². The van der Waals surface area contributed by atoms with Gasteiger partial charge in [0.05, 0.1) is 26.4 Å². The number of likely N-dealkylation sites (tertiary alicyclic amines) is 1. The van der Waals surface area contributed by atoms with Crippen molar-refractivity contribution in [2.24, 2.45) is 5.92 Å². The molecule has 0 spiro atoms. The summed E-state index contributed by atoms with van der Waals surface area (Å²) < 4.78 is 55.2. The molecule has 0 amide bonds. The van der Waals surface area contributed by atoms with Crippen LogP contribution in [0.1, 0.15) is 30.4 Å². The van der Waals surface area contributed by atoms with E-state index in [4.69, 9.17) is 14.2 Å². The SMILES string of the molecule is COc1ccc(CN2CCC(CCOc3ccccc3C(F)(F)F)CC2)cc1OC. The normalized spacial score (nSPS) is 15.8. The van der Waals surface area contributed by atoms with Gasteiger partial charge >= 0.3 is 6.18 Å². The third kappa shape index (κ3) is 5.81. The van der Waals surface area contributed by atoms with Gasteiger partial charge in [0.25, 0.3) is 0 Å². The average Bonchev–Trinajstić information content (AvgIpc) is 2.74. The summed E-state index contributed by atoms with van der Waals surface area (Å²) >= 11 is 0. The predicted octanol–water partition coefficient (Wildman–Crippen LogP) is 5.40. The lowest BCUT2D eigenvalue weighted by Crippen LogP contribution is -2.33. The lowest BCUT2D eigenvalue weighted by Gasteiger charge is -2.32. The van der Waals surface area contributed by atoms with E-state index in [2.05, 4.69) is 4.90 Å². The van der Waals surface area contributed by atoms with Gasteiger partial charge in [-0.05, 0) is 68.1 Å². The van der Waals surface area contributed by atoms with E-state index < -0.39 is 11.7 Å². The predicted molar refractivity (Wildman–Crippen MR) is 109 cm³/mol. The lowest BCUT2D eigenvalue weighted by molar-refractivity contribution is -0.139. The Labute approximate surface area is 175 Å². The Morgan fingerprint density at radius 2 is 1.63 bits per heavy atom. The second-order valence-corrected chi connectivity index (χ2v) is 7.54. The van der Waals surface area contributed by atoms with Gasteiger partial charge < -0.3 is 14.2 Å². The number of rotatable bonds is 8. The highest BCUT2D eigenvalue weighted by Gasteiger charge is 2.34. The number of halogens is 3. The Bertz CT molecular complexity index is 818. The minimum absolute atomic E-state index is 0.0871. The zero-order chi connectivity index (χ0) is 21.6. The summed E-state index contributed by atoms with van der Waals surface area (Å²) in [6, 6.07) is 11.3. The van der Waals surface area contributed by atoms with Crippen LogP contribution in [0, 0.1) is 5.92 Å². The molecule has 0 radical (unpaired) electrons. The Morgan fingerprint density at radius 3 is 2.30 bits per heavy atom. The molecular weight excluding hydrogens is 395 g/mol. The Balaban J connectivity index is 1.44. The first-order valence-corrected chi connectivity index (χ1v) is 10.1. The van der Waals surface area contributed by atoms with Crippen LogP contribution in [0.25, 0.3) is 0 Å². The number of benzene rings is 2. The first-order valence-electron chi connectivity index (χ1n) is 10.1. The monoisotopic (exact) mass is 423 g/mol. The van der Waals surface area contributed by atoms with E-state index in [1.54, 1.807) is 20.3 Å². The van der Waals surface area contributed by atoms with Gasteiger partial charge in [-0.3, -0.25) is 4.90 Å². The molecule has 0 N–H and O–H groups in total. The maximum Gasteiger partial charge on any atom is 0.419 e. The minimum atomic E-state index is -4.40. The standard InChI is InChI=1S/C23H28F3NO3/c1-28-21-8-7-18(15-22(21)29-2)16-27-12-9-17(10-13-27)11-14-30-20-6-4-3-5-19(20)23(24,25)26/h3-8,15,17H,9-14,16H2,1-2H3. The summed E-state index contributed by atoms with van der Waals surface area (Å²) in [4.78, 5) is 2.39. The van der Waals surface area contributed by atoms with Crippen molar-refractivity contribution in [1.29, 1.82) is 0 Å². The summed E-state index contributed by atoms with van der Waals surface area (Å²) in [7, 11) is 3.25. The molecule has 0 atom stereocenters. The molecule has 1 fully saturated rings. The van der Waals surface area contributed by atoms with Crippen LogP contribution >= 0.6 is 0 Å². The largest absolute Gasteiger partial charge is 0.493 e. The molecule has 7 heteroatoms. The molecule has 30 heavy (non-hydrogen) atoms. The molecule has 0 unspecified atom stereocenters. The highest BCUT2D eigenvalue weighted by atomic mass is 19.4. The third-order valence-electron chi connectivity index (χ3n) is 5.54. The molecule has 3 rings (SSSR count). The fourth-order valence-electron chi connectivity index (χ4n) is 3.83. The van der Waals surface area contributed by atoms with E-state index in [1.165, 1.54) is 12.1 Å². The Hall–Kier alpha value is -2.41. The van der Waals surface area contributed by atoms with Crippen LogP contribution < -0.4 is 14.2 Å². The minimum Gasteiger partial charge on any atom is -0.493 e. The van der Waals surface area contributed by atoms with Crippen LogP contribution in [0.5, 0.6) is 17.2 Å². The van der Waals surface area contributed by atoms with Crippen molar-refractivity contribution in [3.8, 4) is 17.2 Å². The van der Waals surface area contributed by atoms with Crippen molar-refractivity contribution in [2.75, 3.05) is 33.9 Å². The Morgan fingerprint density at radius 1 is 0.933 bits per heavy atom. The van der Waals surface area contributed by atoms with Gasteiger partial charge in [-0.1, -0.05) is 18.2 Å². The van der Waals surface area contributed by atoms with Crippen LogP contribution in [0.3, 0.4) is 0 Å². The summed E-state index contributed by atoms with van der Waals surface area (Å²) in [5, 5.41) is 0. The fourth-order valence-corrected chi connectivity index (χ4v) is 3.83. The second-order valence-electron chi connectivity index (χ2n) is 7.54. The van der Waals surface area contributed by atoms with Gasteiger partial charge in [-0.2, -0.15) is 13.2 Å². The van der Waals surface area contributed by atoms with E-state index in [1.807, 2.05) is 18.2 Å². The molecule has 2 aromatic rings. The topological polar surface area (TPSA) is 30.9 Å². The molecule has 1 aliphatic rings. The van der Waals surface area contributed by atoms with E-state index in [0.717, 1.165) is 56.3 Å². The molecule has 0 aliphatic carbocycles. The van der Waals surface area contributed by atoms with E-state index >= 15 is 0 Å². The number of piperidine rings is 1. The third-order valence-corrected chi connectivity index (χ3v) is 5.54. The van der Waals surface area contributed by atoms with Crippen LogP contribution in [-0.4, -0.2) is 38.8 Å². The van der Waals surface area contributed by atoms with Gasteiger partial charge in [0.1, 0.15) is 5.75 Å². The maximum atomic E-state index is 13.0. The maximum absolute atomic E-state index is 13.0. The van der Waals surface area contributed by atoms with Crippen LogP contribution in [0.4, 0.5) is 13.2 Å². The number of hydrogen-bond acceptors (Lipinski definition) is 4. The van der Waals surface area contributed by atoms with Gasteiger partial charge in [0.2, 0.25) is 0 Å². The lowest BCUT2D eigenvalue weighted by atomic mass is 9.93. The van der Waals surface area contributed by atoms with Crippen LogP contribution in [0.15, 0.2) is 42.5 Å². The van der Waals surface area contributed by atoms with E-state index in [-0.39, 0.29) is 5.75 Å². The summed E-state index contributed by atoms with van der Waals surface area (Å²) in [5.74, 6) is 1.81. The van der Waals surface area contributed by atoms with Crippen molar-refractivity contribution in [2.45, 2.75) is 32.0 Å². The fraction of sp³-hybridized carbons (Fsp3) is 0.478. The van der Waals surface area contributed by atoms with Crippen LogP contribution in [-0.2, 0) is 12.7 Å². The molecule has 1 heterocycles. The molecule has 164 valence electrons. The molecular formula is C23H28F3NO3. The smallest absolute Gasteiger partial charge is 0.419 e. The van der Waals surface area contributed by atoms with Crippen molar-refractivity contribution >= 4 is 0 Å². The van der Waals surface area contributed by atoms with Gasteiger partial charge in [-0.15, -0.1) is 0 Å². The van der Waals surface area contributed by atoms with Gasteiger partial charge in [0, 0.05) is 6.54 Å². The summed E-state index contributed by atoms with van der Waals surface area (Å²) in [5.41, 5.74) is 0.452. The molecule has 1 saturated heterocycles. The summed E-state index contributed by atoms with van der Waals surface area (Å²) in [6.07, 6.45) is -1.61. The highest BCUT2D eigenvalue weighted by molar-refractivity contribution is 5.42. The zero-order valence-electron chi connectivity index (χ0n) is 17.4. The number of ether oxygens (including phenoxy) is 3. The van der Waals surface area contributed by atoms with Crippen molar-refractivity contribution in [3.63, 3.8) is 0 Å². The molecule has 1 aliphatic heterocycles. The zero-order valence-corrected chi connectivity index (χ0v) is 17.4. The van der Waals surface area contributed by atoms with Gasteiger partial charge in [0.15, 0.2) is 11.5 Å². The number of hydrogen-bond donors (Lipinski definition) is 0. The number of para-hydroxylation sites is 1. The molecule has 0 saturated carbocycles. The highest BCUT2D eigenvalue weighted by Crippen LogP contribution is 2.36. The first-order chi connectivity index (χ1) is 14.4. The molecule has 0 bridgehead atoms. The number of nitrogens with zero attached hydrogens (tertiary/aromatic N) is 1. The quantitative estimate of drug-likeness (QED) is 0.569. The van der Waals surface area contributed by atoms with Crippen molar-refractivity contribution in [3.05, 3.63) is 53.6 Å². The van der Waals surface area contributed by atoms with E-state index in [9.17, 15) is 13.2 Å². The summed E-state index contributed by atoms with van der Waals surface area (Å²) in [6.45, 7) is 3.05. The van der Waals surface area contributed by atoms with Gasteiger partial charge in [-0.25, -0.2) is 0 Å². The Kier molecular flexibility index (Phi) is 7.48. The molecule has 4 nitrogen and oxygen atoms in total. The van der Waals surface area contributed by atoms with Crippen molar-refractivity contribution < 1.29 is 27.4 Å². The van der Waals surface area contributed by atoms with E-state index in [0.29, 0.717) is 18.3 Å². The molecule has 2 aromatic carbocycles. The number of alkyl halides is 3. The molecule has 0 aromatic heterocycles. The number of methoxy groups -OCH3 is 2. The van der Waals surface area contributed by atoms with Crippen molar-refractivity contribution in [1.82, 2.24) is 4.90 Å². The average molecular weight is 423 g/mol. The second kappa shape index (κ2) is 10.1. The first kappa shape index (κ1) is 22.3.